The third-order valence-electron chi connectivity index (χ3n) is 3.94. The topological polar surface area (TPSA) is 32.3 Å². The normalized spacial score (nSPS) is 20.9. The maximum absolute atomic E-state index is 4.09. The van der Waals surface area contributed by atoms with E-state index >= 15 is 0 Å². The highest BCUT2D eigenvalue weighted by molar-refractivity contribution is 5.20. The predicted octanol–water partition coefficient (Wildman–Crippen LogP) is 1.97. The van der Waals surface area contributed by atoms with E-state index in [1.807, 2.05) is 12.4 Å². The average molecular weight is 268 g/mol. The molecule has 4 nitrogen and oxygen atoms in total. The minimum Gasteiger partial charge on any atom is -0.297 e. The number of likely N-dealkylation sites (N-methyl/N-ethyl adjacent to an activating group) is 1. The molecule has 4 heteroatoms. The lowest BCUT2D eigenvalue weighted by Crippen LogP contribution is -2.46. The Balaban J connectivity index is 1.70. The van der Waals surface area contributed by atoms with E-state index in [9.17, 15) is 0 Å². The maximum Gasteiger partial charge on any atom is 0.115 e. The third-order valence-corrected chi connectivity index (χ3v) is 3.94. The Labute approximate surface area is 120 Å². The van der Waals surface area contributed by atoms with Crippen molar-refractivity contribution in [3.8, 4) is 0 Å². The molecule has 1 aliphatic rings. The summed E-state index contributed by atoms with van der Waals surface area (Å²) in [4.78, 5) is 13.1. The van der Waals surface area contributed by atoms with Gasteiger partial charge in [0.1, 0.15) is 6.33 Å². The number of aromatic nitrogens is 2. The summed E-state index contributed by atoms with van der Waals surface area (Å²) in [6.45, 7) is 4.16. The van der Waals surface area contributed by atoms with Crippen LogP contribution in [0.5, 0.6) is 0 Å². The van der Waals surface area contributed by atoms with Gasteiger partial charge in [0, 0.05) is 50.2 Å². The molecule has 1 aromatic carbocycles. The molecular formula is C16H20N4. The van der Waals surface area contributed by atoms with Crippen molar-refractivity contribution in [1.29, 1.82) is 0 Å². The molecule has 20 heavy (non-hydrogen) atoms. The van der Waals surface area contributed by atoms with Gasteiger partial charge in [0.05, 0.1) is 0 Å². The van der Waals surface area contributed by atoms with Crippen LogP contribution in [0, 0.1) is 0 Å². The zero-order chi connectivity index (χ0) is 13.8. The van der Waals surface area contributed by atoms with Crippen LogP contribution >= 0.6 is 0 Å². The zero-order valence-electron chi connectivity index (χ0n) is 11.8. The van der Waals surface area contributed by atoms with E-state index in [1.165, 1.54) is 11.1 Å². The van der Waals surface area contributed by atoms with Gasteiger partial charge in [0.2, 0.25) is 0 Å². The van der Waals surface area contributed by atoms with Crippen molar-refractivity contribution in [3.05, 3.63) is 60.2 Å². The van der Waals surface area contributed by atoms with Gasteiger partial charge < -0.3 is 0 Å². The molecule has 2 aromatic rings. The lowest BCUT2D eigenvalue weighted by atomic mass is 10.0. The Hall–Kier alpha value is -1.78. The van der Waals surface area contributed by atoms with Gasteiger partial charge in [-0.25, -0.2) is 9.97 Å². The second-order valence-electron chi connectivity index (χ2n) is 5.39. The van der Waals surface area contributed by atoms with Crippen LogP contribution in [0.3, 0.4) is 0 Å². The van der Waals surface area contributed by atoms with E-state index in [4.69, 9.17) is 0 Å². The number of benzene rings is 1. The summed E-state index contributed by atoms with van der Waals surface area (Å²) in [6, 6.07) is 11.2. The van der Waals surface area contributed by atoms with Crippen molar-refractivity contribution >= 4 is 0 Å². The molecule has 0 spiro atoms. The van der Waals surface area contributed by atoms with Crippen molar-refractivity contribution in [1.82, 2.24) is 19.8 Å². The van der Waals surface area contributed by atoms with Crippen LogP contribution in [0.2, 0.25) is 0 Å². The molecular weight excluding hydrogens is 248 g/mol. The summed E-state index contributed by atoms with van der Waals surface area (Å²) >= 11 is 0. The van der Waals surface area contributed by atoms with E-state index in [2.05, 4.69) is 57.1 Å². The van der Waals surface area contributed by atoms with Gasteiger partial charge in [-0.2, -0.15) is 0 Å². The van der Waals surface area contributed by atoms with Crippen LogP contribution < -0.4 is 0 Å². The van der Waals surface area contributed by atoms with Gasteiger partial charge in [0.15, 0.2) is 0 Å². The third kappa shape index (κ3) is 3.03. The first-order valence-corrected chi connectivity index (χ1v) is 7.04. The van der Waals surface area contributed by atoms with E-state index in [0.717, 1.165) is 26.2 Å². The van der Waals surface area contributed by atoms with Gasteiger partial charge in [-0.15, -0.1) is 0 Å². The Bertz CT molecular complexity index is 529. The molecule has 0 bridgehead atoms. The molecule has 3 rings (SSSR count). The van der Waals surface area contributed by atoms with Crippen molar-refractivity contribution < 1.29 is 0 Å². The molecule has 2 heterocycles. The molecule has 0 N–H and O–H groups in total. The van der Waals surface area contributed by atoms with Crippen LogP contribution in [0.25, 0.3) is 0 Å². The minimum atomic E-state index is 0.467. The van der Waals surface area contributed by atoms with E-state index in [0.29, 0.717) is 6.04 Å². The van der Waals surface area contributed by atoms with E-state index in [-0.39, 0.29) is 0 Å². The highest BCUT2D eigenvalue weighted by atomic mass is 15.3. The minimum absolute atomic E-state index is 0.467. The molecule has 0 aliphatic carbocycles. The highest BCUT2D eigenvalue weighted by Crippen LogP contribution is 2.24. The molecule has 0 unspecified atom stereocenters. The van der Waals surface area contributed by atoms with Gasteiger partial charge >= 0.3 is 0 Å². The number of piperazine rings is 1. The van der Waals surface area contributed by atoms with Crippen LogP contribution in [-0.4, -0.2) is 46.4 Å². The molecule has 0 amide bonds. The quantitative estimate of drug-likeness (QED) is 0.852. The summed E-state index contributed by atoms with van der Waals surface area (Å²) in [5.74, 6) is 0. The van der Waals surface area contributed by atoms with Crippen LogP contribution in [-0.2, 0) is 6.54 Å². The first-order valence-electron chi connectivity index (χ1n) is 7.04. The summed E-state index contributed by atoms with van der Waals surface area (Å²) in [5, 5.41) is 0. The Morgan fingerprint density at radius 2 is 1.85 bits per heavy atom. The predicted molar refractivity (Wildman–Crippen MR) is 79.1 cm³/mol. The van der Waals surface area contributed by atoms with Crippen LogP contribution in [0.15, 0.2) is 49.1 Å². The van der Waals surface area contributed by atoms with Crippen molar-refractivity contribution in [2.24, 2.45) is 0 Å². The summed E-state index contributed by atoms with van der Waals surface area (Å²) in [5.41, 5.74) is 2.58. The summed E-state index contributed by atoms with van der Waals surface area (Å²) in [6.07, 6.45) is 5.39. The maximum atomic E-state index is 4.09. The van der Waals surface area contributed by atoms with E-state index in [1.54, 1.807) is 6.33 Å². The first kappa shape index (κ1) is 13.2. The Morgan fingerprint density at radius 1 is 1.10 bits per heavy atom. The van der Waals surface area contributed by atoms with Crippen molar-refractivity contribution in [2.75, 3.05) is 26.7 Å². The summed E-state index contributed by atoms with van der Waals surface area (Å²) < 4.78 is 0. The SMILES string of the molecule is CN1CCN(Cc2cncnc2)C[C@@H]1c1ccccc1. The van der Waals surface area contributed by atoms with Gasteiger partial charge in [0.25, 0.3) is 0 Å². The second-order valence-corrected chi connectivity index (χ2v) is 5.39. The van der Waals surface area contributed by atoms with Gasteiger partial charge in [-0.05, 0) is 12.6 Å². The van der Waals surface area contributed by atoms with Gasteiger partial charge in [-0.1, -0.05) is 30.3 Å². The molecule has 0 saturated carbocycles. The number of nitrogens with zero attached hydrogens (tertiary/aromatic N) is 4. The van der Waals surface area contributed by atoms with Gasteiger partial charge in [-0.3, -0.25) is 9.80 Å². The van der Waals surface area contributed by atoms with Crippen molar-refractivity contribution in [2.45, 2.75) is 12.6 Å². The van der Waals surface area contributed by atoms with Crippen LogP contribution in [0.4, 0.5) is 0 Å². The highest BCUT2D eigenvalue weighted by Gasteiger charge is 2.25. The van der Waals surface area contributed by atoms with E-state index < -0.39 is 0 Å². The monoisotopic (exact) mass is 268 g/mol. The van der Waals surface area contributed by atoms with Crippen LogP contribution in [0.1, 0.15) is 17.2 Å². The molecule has 1 aromatic heterocycles. The standard InChI is InChI=1S/C16H20N4/c1-19-7-8-20(11-14-9-17-13-18-10-14)12-16(19)15-5-3-2-4-6-15/h2-6,9-10,13,16H,7-8,11-12H2,1H3/t16-/m1/s1. The molecule has 1 fully saturated rings. The molecule has 1 saturated heterocycles. The molecule has 0 radical (unpaired) electrons. The number of rotatable bonds is 3. The smallest absolute Gasteiger partial charge is 0.115 e. The molecule has 104 valence electrons. The summed E-state index contributed by atoms with van der Waals surface area (Å²) in [7, 11) is 2.21. The lowest BCUT2D eigenvalue weighted by Gasteiger charge is -2.39. The number of hydrogen-bond acceptors (Lipinski definition) is 4. The molecule has 1 atom stereocenters. The second kappa shape index (κ2) is 6.11. The van der Waals surface area contributed by atoms with Crippen molar-refractivity contribution in [3.63, 3.8) is 0 Å². The zero-order valence-corrected chi connectivity index (χ0v) is 11.8. The number of hydrogen-bond donors (Lipinski definition) is 0. The molecule has 1 aliphatic heterocycles. The lowest BCUT2D eigenvalue weighted by molar-refractivity contribution is 0.0903. The first-order chi connectivity index (χ1) is 9.83. The fourth-order valence-electron chi connectivity index (χ4n) is 2.78. The fourth-order valence-corrected chi connectivity index (χ4v) is 2.78. The largest absolute Gasteiger partial charge is 0.297 e. The fraction of sp³-hybridized carbons (Fsp3) is 0.375. The average Bonchev–Trinajstić information content (AvgIpc) is 2.51. The Kier molecular flexibility index (Phi) is 4.04. The Morgan fingerprint density at radius 3 is 2.60 bits per heavy atom.